The third-order valence-electron chi connectivity index (χ3n) is 3.54. The lowest BCUT2D eigenvalue weighted by atomic mass is 10.1. The second-order valence-electron chi connectivity index (χ2n) is 4.74. The molecule has 2 N–H and O–H groups in total. The highest BCUT2D eigenvalue weighted by Gasteiger charge is 2.17. The van der Waals surface area contributed by atoms with E-state index in [0.29, 0.717) is 23.6 Å². The zero-order valence-electron chi connectivity index (χ0n) is 11.9. The number of benzene rings is 2. The Balaban J connectivity index is 2.32. The molecule has 0 amide bonds. The predicted octanol–water partition coefficient (Wildman–Crippen LogP) is 3.45. The van der Waals surface area contributed by atoms with Crippen LogP contribution in [0, 0.1) is 5.82 Å². The van der Waals surface area contributed by atoms with Gasteiger partial charge in [0.15, 0.2) is 0 Å². The summed E-state index contributed by atoms with van der Waals surface area (Å²) < 4.78 is 21.3. The summed E-state index contributed by atoms with van der Waals surface area (Å²) in [4.78, 5) is 4.55. The first-order chi connectivity index (χ1) is 10.2. The summed E-state index contributed by atoms with van der Waals surface area (Å²) in [6.45, 7) is 2.66. The van der Waals surface area contributed by atoms with Gasteiger partial charge in [0, 0.05) is 18.3 Å². The first kappa shape index (κ1) is 13.4. The second-order valence-corrected chi connectivity index (χ2v) is 4.74. The van der Waals surface area contributed by atoms with Crippen LogP contribution in [0.25, 0.3) is 22.4 Å². The zero-order chi connectivity index (χ0) is 15.0. The van der Waals surface area contributed by atoms with Gasteiger partial charge in [-0.25, -0.2) is 9.37 Å². The number of fused-ring (bicyclic) bond motifs is 1. The second kappa shape index (κ2) is 5.09. The molecule has 0 aliphatic rings. The molecule has 4 nitrogen and oxygen atoms in total. The molecule has 5 heteroatoms. The molecule has 0 radical (unpaired) electrons. The van der Waals surface area contributed by atoms with E-state index in [2.05, 4.69) is 4.98 Å². The molecule has 3 aromatic rings. The molecule has 0 spiro atoms. The number of ether oxygens (including phenoxy) is 1. The van der Waals surface area contributed by atoms with Crippen molar-refractivity contribution in [2.24, 2.45) is 0 Å². The Labute approximate surface area is 122 Å². The molecule has 1 aromatic heterocycles. The van der Waals surface area contributed by atoms with Gasteiger partial charge in [-0.15, -0.1) is 0 Å². The summed E-state index contributed by atoms with van der Waals surface area (Å²) in [5, 5.41) is 0. The molecule has 108 valence electrons. The Morgan fingerprint density at radius 1 is 1.29 bits per heavy atom. The van der Waals surface area contributed by atoms with Gasteiger partial charge >= 0.3 is 0 Å². The average molecular weight is 285 g/mol. The maximum absolute atomic E-state index is 14.2. The van der Waals surface area contributed by atoms with E-state index in [1.807, 2.05) is 29.7 Å². The van der Waals surface area contributed by atoms with Crippen molar-refractivity contribution in [3.63, 3.8) is 0 Å². The van der Waals surface area contributed by atoms with Gasteiger partial charge in [-0.2, -0.15) is 0 Å². The number of nitrogens with zero attached hydrogens (tertiary/aromatic N) is 2. The smallest absolute Gasteiger partial charge is 0.146 e. The molecular weight excluding hydrogens is 269 g/mol. The van der Waals surface area contributed by atoms with E-state index in [1.165, 1.54) is 6.07 Å². The number of anilines is 1. The van der Waals surface area contributed by atoms with Crippen LogP contribution < -0.4 is 10.5 Å². The van der Waals surface area contributed by atoms with E-state index < -0.39 is 0 Å². The van der Waals surface area contributed by atoms with Gasteiger partial charge in [0.25, 0.3) is 0 Å². The molecule has 0 fully saturated rings. The Morgan fingerprint density at radius 2 is 2.10 bits per heavy atom. The Hall–Kier alpha value is -2.56. The van der Waals surface area contributed by atoms with Gasteiger partial charge in [-0.3, -0.25) is 0 Å². The number of aryl methyl sites for hydroxylation is 1. The minimum absolute atomic E-state index is 0.342. The lowest BCUT2D eigenvalue weighted by Crippen LogP contribution is -2.02. The predicted molar refractivity (Wildman–Crippen MR) is 81.8 cm³/mol. The number of hydrogen-bond donors (Lipinski definition) is 1. The van der Waals surface area contributed by atoms with Crippen LogP contribution >= 0.6 is 0 Å². The summed E-state index contributed by atoms with van der Waals surface area (Å²) in [5.41, 5.74) is 8.35. The average Bonchev–Trinajstić information content (AvgIpc) is 2.84. The molecule has 0 saturated carbocycles. The quantitative estimate of drug-likeness (QED) is 0.750. The molecule has 21 heavy (non-hydrogen) atoms. The van der Waals surface area contributed by atoms with Gasteiger partial charge in [0.2, 0.25) is 0 Å². The zero-order valence-corrected chi connectivity index (χ0v) is 11.9. The maximum atomic E-state index is 14.2. The molecule has 0 unspecified atom stereocenters. The van der Waals surface area contributed by atoms with Crippen LogP contribution in [0.3, 0.4) is 0 Å². The highest BCUT2D eigenvalue weighted by molar-refractivity contribution is 5.84. The van der Waals surface area contributed by atoms with Crippen LogP contribution in [-0.4, -0.2) is 16.7 Å². The van der Waals surface area contributed by atoms with Gasteiger partial charge in [-0.05, 0) is 31.2 Å². The van der Waals surface area contributed by atoms with E-state index in [-0.39, 0.29) is 5.82 Å². The summed E-state index contributed by atoms with van der Waals surface area (Å²) in [7, 11) is 1.60. The Morgan fingerprint density at radius 3 is 2.76 bits per heavy atom. The summed E-state index contributed by atoms with van der Waals surface area (Å²) >= 11 is 0. The van der Waals surface area contributed by atoms with Crippen molar-refractivity contribution >= 4 is 16.7 Å². The molecule has 0 bridgehead atoms. The molecule has 0 saturated heterocycles. The number of nitrogens with two attached hydrogens (primary N) is 1. The van der Waals surface area contributed by atoms with E-state index >= 15 is 0 Å². The number of hydrogen-bond acceptors (Lipinski definition) is 3. The standard InChI is InChI=1S/C16H16FN3O/c1-3-20-14-8-7-10(21-2)9-13(14)19-16(20)15-11(17)5-4-6-12(15)18/h4-9H,3,18H2,1-2H3. The molecule has 1 heterocycles. The summed E-state index contributed by atoms with van der Waals surface area (Å²) in [5.74, 6) is 0.889. The topological polar surface area (TPSA) is 53.1 Å². The number of rotatable bonds is 3. The molecule has 0 aliphatic heterocycles. The highest BCUT2D eigenvalue weighted by atomic mass is 19.1. The van der Waals surface area contributed by atoms with Crippen LogP contribution in [0.2, 0.25) is 0 Å². The third-order valence-corrected chi connectivity index (χ3v) is 3.54. The van der Waals surface area contributed by atoms with Crippen LogP contribution in [0.15, 0.2) is 36.4 Å². The van der Waals surface area contributed by atoms with E-state index in [9.17, 15) is 4.39 Å². The number of imidazole rings is 1. The minimum atomic E-state index is -0.369. The van der Waals surface area contributed by atoms with E-state index in [1.54, 1.807) is 19.2 Å². The van der Waals surface area contributed by atoms with Crippen molar-refractivity contribution in [3.05, 3.63) is 42.2 Å². The molecule has 3 rings (SSSR count). The Bertz CT molecular complexity index is 790. The largest absolute Gasteiger partial charge is 0.497 e. The van der Waals surface area contributed by atoms with Crippen molar-refractivity contribution in [2.75, 3.05) is 12.8 Å². The maximum Gasteiger partial charge on any atom is 0.146 e. The van der Waals surface area contributed by atoms with Crippen molar-refractivity contribution in [3.8, 4) is 17.1 Å². The highest BCUT2D eigenvalue weighted by Crippen LogP contribution is 2.32. The molecule has 0 atom stereocenters. The number of methoxy groups -OCH3 is 1. The summed E-state index contributed by atoms with van der Waals surface area (Å²) in [6.07, 6.45) is 0. The first-order valence-electron chi connectivity index (χ1n) is 6.74. The van der Waals surface area contributed by atoms with Crippen molar-refractivity contribution in [1.82, 2.24) is 9.55 Å². The van der Waals surface area contributed by atoms with Crippen LogP contribution in [0.5, 0.6) is 5.75 Å². The van der Waals surface area contributed by atoms with Gasteiger partial charge in [-0.1, -0.05) is 6.07 Å². The molecular formula is C16H16FN3O. The van der Waals surface area contributed by atoms with Crippen molar-refractivity contribution in [1.29, 1.82) is 0 Å². The fraction of sp³-hybridized carbons (Fsp3) is 0.188. The minimum Gasteiger partial charge on any atom is -0.497 e. The van der Waals surface area contributed by atoms with Crippen molar-refractivity contribution < 1.29 is 9.13 Å². The summed E-state index contributed by atoms with van der Waals surface area (Å²) in [6, 6.07) is 10.3. The third kappa shape index (κ3) is 2.11. The van der Waals surface area contributed by atoms with Gasteiger partial charge in [0.05, 0.1) is 23.7 Å². The SMILES string of the molecule is CCn1c(-c2c(N)cccc2F)nc2cc(OC)ccc21. The Kier molecular flexibility index (Phi) is 3.25. The van der Waals surface area contributed by atoms with Crippen molar-refractivity contribution in [2.45, 2.75) is 13.5 Å². The molecule has 0 aliphatic carbocycles. The van der Waals surface area contributed by atoms with Crippen LogP contribution in [-0.2, 0) is 6.54 Å². The fourth-order valence-electron chi connectivity index (χ4n) is 2.52. The van der Waals surface area contributed by atoms with Crippen LogP contribution in [0.4, 0.5) is 10.1 Å². The van der Waals surface area contributed by atoms with Crippen LogP contribution in [0.1, 0.15) is 6.92 Å². The monoisotopic (exact) mass is 285 g/mol. The molecule has 2 aromatic carbocycles. The van der Waals surface area contributed by atoms with Gasteiger partial charge in [0.1, 0.15) is 17.4 Å². The number of nitrogen functional groups attached to an aromatic ring is 1. The van der Waals surface area contributed by atoms with E-state index in [4.69, 9.17) is 10.5 Å². The fourth-order valence-corrected chi connectivity index (χ4v) is 2.52. The first-order valence-corrected chi connectivity index (χ1v) is 6.74. The lowest BCUT2D eigenvalue weighted by Gasteiger charge is -2.09. The normalized spacial score (nSPS) is 11.0. The van der Waals surface area contributed by atoms with E-state index in [0.717, 1.165) is 16.8 Å². The van der Waals surface area contributed by atoms with Gasteiger partial charge < -0.3 is 15.0 Å². The lowest BCUT2D eigenvalue weighted by molar-refractivity contribution is 0.415. The number of aromatic nitrogens is 2. The number of halogens is 1.